The number of hydrogen-bond donors (Lipinski definition) is 1. The zero-order chi connectivity index (χ0) is 14.9. The van der Waals surface area contributed by atoms with E-state index >= 15 is 0 Å². The molecular formula is C18H32N2O2. The lowest BCUT2D eigenvalue weighted by Crippen LogP contribution is -2.52. The highest BCUT2D eigenvalue weighted by Gasteiger charge is 2.51. The van der Waals surface area contributed by atoms with Gasteiger partial charge in [0, 0.05) is 18.9 Å². The zero-order valence-electron chi connectivity index (χ0n) is 13.3. The van der Waals surface area contributed by atoms with Gasteiger partial charge >= 0.3 is 0 Å². The van der Waals surface area contributed by atoms with Gasteiger partial charge in [-0.2, -0.15) is 5.10 Å². The van der Waals surface area contributed by atoms with Gasteiger partial charge in [-0.3, -0.25) is 4.68 Å². The molecule has 2 aliphatic carbocycles. The first kappa shape index (κ1) is 17.5. The first-order chi connectivity index (χ1) is 10.0. The van der Waals surface area contributed by atoms with E-state index in [1.54, 1.807) is 0 Å². The number of aromatic nitrogens is 2. The first-order valence-electron chi connectivity index (χ1n) is 8.25. The molecule has 0 radical (unpaired) electrons. The fourth-order valence-electron chi connectivity index (χ4n) is 5.31. The van der Waals surface area contributed by atoms with Gasteiger partial charge in [0.05, 0.1) is 18.8 Å². The van der Waals surface area contributed by atoms with E-state index in [4.69, 9.17) is 9.84 Å². The largest absolute Gasteiger partial charge is 0.394 e. The van der Waals surface area contributed by atoms with E-state index in [1.807, 2.05) is 12.3 Å². The van der Waals surface area contributed by atoms with Crippen LogP contribution in [-0.2, 0) is 11.3 Å². The van der Waals surface area contributed by atoms with Gasteiger partial charge in [-0.25, -0.2) is 0 Å². The highest BCUT2D eigenvalue weighted by atomic mass is 16.5. The van der Waals surface area contributed by atoms with Crippen molar-refractivity contribution in [2.75, 3.05) is 13.2 Å². The van der Waals surface area contributed by atoms with Crippen LogP contribution in [0.25, 0.3) is 0 Å². The molecule has 126 valence electrons. The zero-order valence-corrected chi connectivity index (χ0v) is 13.3. The predicted octanol–water partition coefficient (Wildman–Crippen LogP) is 3.50. The number of aliphatic hydroxyl groups is 1. The Kier molecular flexibility index (Phi) is 5.33. The fourth-order valence-corrected chi connectivity index (χ4v) is 5.31. The highest BCUT2D eigenvalue weighted by molar-refractivity contribution is 5.02. The van der Waals surface area contributed by atoms with Crippen molar-refractivity contribution < 1.29 is 9.84 Å². The molecule has 4 nitrogen and oxygen atoms in total. The maximum atomic E-state index is 9.16. The second kappa shape index (κ2) is 6.71. The van der Waals surface area contributed by atoms with Crippen molar-refractivity contribution in [2.24, 2.45) is 17.3 Å². The van der Waals surface area contributed by atoms with Crippen LogP contribution < -0.4 is 0 Å². The normalized spacial score (nSPS) is 37.6. The molecule has 1 N–H and O–H groups in total. The lowest BCUT2D eigenvalue weighted by Gasteiger charge is -2.55. The average molecular weight is 308 g/mol. The molecule has 1 aromatic rings. The smallest absolute Gasteiger partial charge is 0.0705 e. The molecule has 2 saturated carbocycles. The summed E-state index contributed by atoms with van der Waals surface area (Å²) in [5.41, 5.74) is 0.356. The van der Waals surface area contributed by atoms with Gasteiger partial charge in [-0.15, -0.1) is 0 Å². The summed E-state index contributed by atoms with van der Waals surface area (Å²) in [7, 11) is 0. The van der Waals surface area contributed by atoms with Crippen LogP contribution in [0.2, 0.25) is 0 Å². The van der Waals surface area contributed by atoms with Gasteiger partial charge in [-0.1, -0.05) is 21.3 Å². The number of hydrogen-bond acceptors (Lipinski definition) is 3. The van der Waals surface area contributed by atoms with E-state index in [0.29, 0.717) is 23.9 Å². The molecule has 0 spiro atoms. The molecule has 3 rings (SSSR count). The molecule has 0 amide bonds. The van der Waals surface area contributed by atoms with Crippen LogP contribution in [0.5, 0.6) is 0 Å². The topological polar surface area (TPSA) is 47.3 Å². The molecule has 0 aromatic carbocycles. The Balaban J connectivity index is 0.00000176. The van der Waals surface area contributed by atoms with Gasteiger partial charge in [0.15, 0.2) is 0 Å². The van der Waals surface area contributed by atoms with E-state index in [1.165, 1.54) is 12.8 Å². The second-order valence-corrected chi connectivity index (χ2v) is 7.76. The Bertz CT molecular complexity index is 462. The maximum absolute atomic E-state index is 9.16. The monoisotopic (exact) mass is 308 g/mol. The Morgan fingerprint density at radius 2 is 2.14 bits per heavy atom. The van der Waals surface area contributed by atoms with E-state index in [0.717, 1.165) is 25.8 Å². The average Bonchev–Trinajstić information content (AvgIpc) is 2.86. The lowest BCUT2D eigenvalue weighted by atomic mass is 9.55. The standard InChI is InChI=1S/C17H28N2O2.CH4/c1-14-8-16(2)10-15(12-19-5-3-4-18-19)11-17(9-14,13-16)21-7-6-20;/h3-5,14-15,20H,6-13H2,1-2H3;1H4. The third-order valence-corrected chi connectivity index (χ3v) is 5.26. The molecule has 0 saturated heterocycles. The Labute approximate surface area is 134 Å². The molecule has 2 fully saturated rings. The third-order valence-electron chi connectivity index (χ3n) is 5.26. The summed E-state index contributed by atoms with van der Waals surface area (Å²) in [4.78, 5) is 0. The molecule has 1 aromatic heterocycles. The van der Waals surface area contributed by atoms with Gasteiger partial charge in [-0.05, 0) is 55.4 Å². The van der Waals surface area contributed by atoms with Gasteiger partial charge in [0.2, 0.25) is 0 Å². The number of aliphatic hydroxyl groups excluding tert-OH is 1. The second-order valence-electron chi connectivity index (χ2n) is 7.76. The molecule has 4 atom stereocenters. The van der Waals surface area contributed by atoms with Crippen molar-refractivity contribution in [1.29, 1.82) is 0 Å². The minimum atomic E-state index is -0.0226. The van der Waals surface area contributed by atoms with Crippen LogP contribution in [0, 0.1) is 17.3 Å². The van der Waals surface area contributed by atoms with E-state index in [9.17, 15) is 0 Å². The Morgan fingerprint density at radius 1 is 1.32 bits per heavy atom. The molecule has 2 bridgehead atoms. The van der Waals surface area contributed by atoms with Gasteiger partial charge in [0.1, 0.15) is 0 Å². The van der Waals surface area contributed by atoms with Crippen LogP contribution in [0.4, 0.5) is 0 Å². The first-order valence-corrected chi connectivity index (χ1v) is 8.25. The number of nitrogens with zero attached hydrogens (tertiary/aromatic N) is 2. The summed E-state index contributed by atoms with van der Waals surface area (Å²) in [6, 6.07) is 1.99. The molecule has 4 unspecified atom stereocenters. The van der Waals surface area contributed by atoms with Crippen LogP contribution in [0.3, 0.4) is 0 Å². The minimum Gasteiger partial charge on any atom is -0.394 e. The SMILES string of the molecule is C.CC1CC2(C)CC(Cn3cccn3)CC(OCCO)(C1)C2. The summed E-state index contributed by atoms with van der Waals surface area (Å²) in [5, 5.41) is 13.5. The number of fused-ring (bicyclic) bond motifs is 2. The summed E-state index contributed by atoms with van der Waals surface area (Å²) in [5.74, 6) is 1.34. The quantitative estimate of drug-likeness (QED) is 0.905. The summed E-state index contributed by atoms with van der Waals surface area (Å²) < 4.78 is 8.25. The molecule has 2 aliphatic rings. The van der Waals surface area contributed by atoms with Crippen LogP contribution in [-0.4, -0.2) is 33.7 Å². The summed E-state index contributed by atoms with van der Waals surface area (Å²) in [6.07, 6.45) is 9.86. The fraction of sp³-hybridized carbons (Fsp3) is 0.833. The molecule has 22 heavy (non-hydrogen) atoms. The Morgan fingerprint density at radius 3 is 2.82 bits per heavy atom. The van der Waals surface area contributed by atoms with Gasteiger partial charge < -0.3 is 9.84 Å². The highest BCUT2D eigenvalue weighted by Crippen LogP contribution is 2.56. The Hall–Kier alpha value is -0.870. The third kappa shape index (κ3) is 3.72. The molecule has 4 heteroatoms. The minimum absolute atomic E-state index is 0. The lowest BCUT2D eigenvalue weighted by molar-refractivity contribution is -0.162. The summed E-state index contributed by atoms with van der Waals surface area (Å²) in [6.45, 7) is 6.35. The molecule has 0 aliphatic heterocycles. The summed E-state index contributed by atoms with van der Waals surface area (Å²) >= 11 is 0. The van der Waals surface area contributed by atoms with Crippen LogP contribution in [0.15, 0.2) is 18.5 Å². The number of ether oxygens (including phenoxy) is 1. The van der Waals surface area contributed by atoms with Crippen molar-refractivity contribution in [2.45, 2.75) is 65.5 Å². The maximum Gasteiger partial charge on any atom is 0.0705 e. The van der Waals surface area contributed by atoms with Crippen LogP contribution >= 0.6 is 0 Å². The van der Waals surface area contributed by atoms with E-state index < -0.39 is 0 Å². The molecule has 1 heterocycles. The number of rotatable bonds is 5. The van der Waals surface area contributed by atoms with Crippen molar-refractivity contribution in [3.63, 3.8) is 0 Å². The van der Waals surface area contributed by atoms with Crippen molar-refractivity contribution in [3.05, 3.63) is 18.5 Å². The predicted molar refractivity (Wildman–Crippen MR) is 88.6 cm³/mol. The van der Waals surface area contributed by atoms with E-state index in [-0.39, 0.29) is 19.6 Å². The van der Waals surface area contributed by atoms with Crippen molar-refractivity contribution in [1.82, 2.24) is 9.78 Å². The van der Waals surface area contributed by atoms with E-state index in [2.05, 4.69) is 29.8 Å². The van der Waals surface area contributed by atoms with Gasteiger partial charge in [0.25, 0.3) is 0 Å². The van der Waals surface area contributed by atoms with Crippen LogP contribution in [0.1, 0.15) is 53.4 Å². The van der Waals surface area contributed by atoms with Crippen molar-refractivity contribution in [3.8, 4) is 0 Å². The molecular weight excluding hydrogens is 276 g/mol. The van der Waals surface area contributed by atoms with Crippen molar-refractivity contribution >= 4 is 0 Å².